The van der Waals surface area contributed by atoms with Crippen molar-refractivity contribution in [1.29, 1.82) is 0 Å². The fourth-order valence-corrected chi connectivity index (χ4v) is 3.20. The van der Waals surface area contributed by atoms with Gasteiger partial charge in [0.1, 0.15) is 0 Å². The maximum absolute atomic E-state index is 12.5. The Hall–Kier alpha value is -2.63. The van der Waals surface area contributed by atoms with Gasteiger partial charge in [0, 0.05) is 38.0 Å². The van der Waals surface area contributed by atoms with Crippen molar-refractivity contribution in [2.45, 2.75) is 32.6 Å². The van der Waals surface area contributed by atoms with Crippen LogP contribution in [0.1, 0.15) is 38.2 Å². The Labute approximate surface area is 147 Å². The molecule has 1 N–H and O–H groups in total. The predicted molar refractivity (Wildman–Crippen MR) is 97.4 cm³/mol. The highest BCUT2D eigenvalue weighted by Crippen LogP contribution is 2.33. The topological polar surface area (TPSA) is 67.2 Å². The first kappa shape index (κ1) is 17.2. The van der Waals surface area contributed by atoms with Crippen molar-refractivity contribution in [1.82, 2.24) is 9.78 Å². The maximum atomic E-state index is 12.5. The molecule has 2 aromatic rings. The van der Waals surface area contributed by atoms with Gasteiger partial charge in [-0.2, -0.15) is 5.10 Å². The number of carbonyl (C=O) groups is 2. The highest BCUT2D eigenvalue weighted by Gasteiger charge is 2.36. The number of para-hydroxylation sites is 1. The van der Waals surface area contributed by atoms with Crippen LogP contribution in [0, 0.1) is 5.92 Å². The third-order valence-corrected chi connectivity index (χ3v) is 4.83. The van der Waals surface area contributed by atoms with Crippen LogP contribution >= 0.6 is 0 Å². The van der Waals surface area contributed by atoms with E-state index in [-0.39, 0.29) is 24.2 Å². The molecule has 25 heavy (non-hydrogen) atoms. The maximum Gasteiger partial charge on any atom is 0.231 e. The molecule has 2 amide bonds. The van der Waals surface area contributed by atoms with Crippen LogP contribution in [0.3, 0.4) is 0 Å². The molecule has 3 rings (SSSR count). The summed E-state index contributed by atoms with van der Waals surface area (Å²) in [6.07, 6.45) is 3.00. The van der Waals surface area contributed by atoms with Gasteiger partial charge in [0.05, 0.1) is 5.92 Å². The fraction of sp³-hybridized carbons (Fsp3) is 0.421. The van der Waals surface area contributed by atoms with E-state index in [0.29, 0.717) is 18.3 Å². The zero-order chi connectivity index (χ0) is 18.0. The van der Waals surface area contributed by atoms with E-state index in [1.165, 1.54) is 0 Å². The van der Waals surface area contributed by atoms with E-state index in [4.69, 9.17) is 0 Å². The zero-order valence-electron chi connectivity index (χ0n) is 14.9. The molecule has 0 spiro atoms. The summed E-state index contributed by atoms with van der Waals surface area (Å²) in [7, 11) is 1.79. The minimum absolute atomic E-state index is 0.00285. The van der Waals surface area contributed by atoms with Crippen LogP contribution in [0.5, 0.6) is 0 Å². The number of aromatic nitrogens is 2. The summed E-state index contributed by atoms with van der Waals surface area (Å²) in [4.78, 5) is 26.8. The number of hydrogen-bond donors (Lipinski definition) is 1. The number of aryl methyl sites for hydroxylation is 1. The first-order valence-electron chi connectivity index (χ1n) is 8.69. The minimum atomic E-state index is -0.362. The van der Waals surface area contributed by atoms with Gasteiger partial charge in [-0.1, -0.05) is 32.0 Å². The average Bonchev–Trinajstić information content (AvgIpc) is 3.19. The monoisotopic (exact) mass is 340 g/mol. The molecule has 2 unspecified atom stereocenters. The molecular weight excluding hydrogens is 316 g/mol. The molecule has 132 valence electrons. The Kier molecular flexibility index (Phi) is 4.88. The van der Waals surface area contributed by atoms with E-state index in [1.54, 1.807) is 28.9 Å². The molecule has 1 aliphatic rings. The largest absolute Gasteiger partial charge is 0.311 e. The van der Waals surface area contributed by atoms with Crippen LogP contribution in [0.2, 0.25) is 0 Å². The lowest BCUT2D eigenvalue weighted by molar-refractivity contribution is -0.122. The normalized spacial score (nSPS) is 18.4. The Bertz CT molecular complexity index is 783. The van der Waals surface area contributed by atoms with Crippen molar-refractivity contribution < 1.29 is 9.59 Å². The SMILES string of the molecule is CCC(C)c1ccccc1N1CC(C(=O)Nc2ccn(C)n2)CC1=O. The quantitative estimate of drug-likeness (QED) is 0.910. The Morgan fingerprint density at radius 2 is 2.12 bits per heavy atom. The first-order valence-corrected chi connectivity index (χ1v) is 8.69. The van der Waals surface area contributed by atoms with E-state index in [9.17, 15) is 9.59 Å². The second-order valence-electron chi connectivity index (χ2n) is 6.64. The fourth-order valence-electron chi connectivity index (χ4n) is 3.20. The van der Waals surface area contributed by atoms with E-state index < -0.39 is 0 Å². The van der Waals surface area contributed by atoms with Gasteiger partial charge in [-0.15, -0.1) is 0 Å². The molecule has 1 fully saturated rings. The van der Waals surface area contributed by atoms with Crippen LogP contribution in [-0.4, -0.2) is 28.1 Å². The van der Waals surface area contributed by atoms with Crippen molar-refractivity contribution in [2.75, 3.05) is 16.8 Å². The minimum Gasteiger partial charge on any atom is -0.311 e. The van der Waals surface area contributed by atoms with E-state index in [1.807, 2.05) is 18.2 Å². The second kappa shape index (κ2) is 7.09. The molecule has 2 heterocycles. The lowest BCUT2D eigenvalue weighted by atomic mass is 9.96. The number of nitrogens with zero attached hydrogens (tertiary/aromatic N) is 3. The third-order valence-electron chi connectivity index (χ3n) is 4.83. The summed E-state index contributed by atoms with van der Waals surface area (Å²) in [5.74, 6) is 0.357. The van der Waals surface area contributed by atoms with Crippen molar-refractivity contribution in [2.24, 2.45) is 13.0 Å². The van der Waals surface area contributed by atoms with Gasteiger partial charge in [0.2, 0.25) is 11.8 Å². The Morgan fingerprint density at radius 3 is 2.80 bits per heavy atom. The van der Waals surface area contributed by atoms with Gasteiger partial charge < -0.3 is 10.2 Å². The number of hydrogen-bond acceptors (Lipinski definition) is 3. The number of amides is 2. The molecule has 2 atom stereocenters. The van der Waals surface area contributed by atoms with Gasteiger partial charge in [-0.3, -0.25) is 14.3 Å². The van der Waals surface area contributed by atoms with Gasteiger partial charge in [-0.25, -0.2) is 0 Å². The molecule has 1 aliphatic heterocycles. The van der Waals surface area contributed by atoms with E-state index in [0.717, 1.165) is 17.7 Å². The smallest absolute Gasteiger partial charge is 0.231 e. The van der Waals surface area contributed by atoms with Crippen LogP contribution in [-0.2, 0) is 16.6 Å². The van der Waals surface area contributed by atoms with Gasteiger partial charge in [0.15, 0.2) is 5.82 Å². The summed E-state index contributed by atoms with van der Waals surface area (Å²) in [6.45, 7) is 4.70. The molecule has 0 bridgehead atoms. The van der Waals surface area contributed by atoms with E-state index >= 15 is 0 Å². The molecule has 0 aliphatic carbocycles. The summed E-state index contributed by atoms with van der Waals surface area (Å²) >= 11 is 0. The molecule has 1 aromatic heterocycles. The number of anilines is 2. The second-order valence-corrected chi connectivity index (χ2v) is 6.64. The highest BCUT2D eigenvalue weighted by molar-refractivity contribution is 6.03. The van der Waals surface area contributed by atoms with Gasteiger partial charge >= 0.3 is 0 Å². The number of rotatable bonds is 5. The molecule has 0 saturated carbocycles. The first-order chi connectivity index (χ1) is 12.0. The summed E-state index contributed by atoms with van der Waals surface area (Å²) in [6, 6.07) is 9.72. The summed E-state index contributed by atoms with van der Waals surface area (Å²) in [5, 5.41) is 6.95. The van der Waals surface area contributed by atoms with Crippen molar-refractivity contribution in [3.63, 3.8) is 0 Å². The molecular formula is C19H24N4O2. The van der Waals surface area contributed by atoms with Crippen molar-refractivity contribution in [3.05, 3.63) is 42.1 Å². The third kappa shape index (κ3) is 3.57. The Morgan fingerprint density at radius 1 is 1.36 bits per heavy atom. The average molecular weight is 340 g/mol. The van der Waals surface area contributed by atoms with E-state index in [2.05, 4.69) is 30.3 Å². The highest BCUT2D eigenvalue weighted by atomic mass is 16.2. The standard InChI is InChI=1S/C19H24N4O2/c1-4-13(2)15-7-5-6-8-16(15)23-12-14(11-18(23)24)19(25)20-17-9-10-22(3)21-17/h5-10,13-14H,4,11-12H2,1-3H3,(H,20,21,25). The summed E-state index contributed by atoms with van der Waals surface area (Å²) in [5.41, 5.74) is 2.08. The molecule has 1 aromatic carbocycles. The number of benzene rings is 1. The van der Waals surface area contributed by atoms with Gasteiger partial charge in [-0.05, 0) is 24.0 Å². The molecule has 1 saturated heterocycles. The van der Waals surface area contributed by atoms with Gasteiger partial charge in [0.25, 0.3) is 0 Å². The van der Waals surface area contributed by atoms with Crippen molar-refractivity contribution in [3.8, 4) is 0 Å². The van der Waals surface area contributed by atoms with Crippen LogP contribution in [0.4, 0.5) is 11.5 Å². The number of nitrogens with one attached hydrogen (secondary N) is 1. The predicted octanol–water partition coefficient (Wildman–Crippen LogP) is 2.93. The molecule has 0 radical (unpaired) electrons. The summed E-state index contributed by atoms with van der Waals surface area (Å²) < 4.78 is 1.63. The van der Waals surface area contributed by atoms with Crippen LogP contribution in [0.15, 0.2) is 36.5 Å². The molecule has 6 heteroatoms. The van der Waals surface area contributed by atoms with Crippen LogP contribution in [0.25, 0.3) is 0 Å². The zero-order valence-corrected chi connectivity index (χ0v) is 14.9. The Balaban J connectivity index is 1.76. The molecule has 6 nitrogen and oxygen atoms in total. The number of carbonyl (C=O) groups excluding carboxylic acids is 2. The lowest BCUT2D eigenvalue weighted by Crippen LogP contribution is -2.29. The van der Waals surface area contributed by atoms with Crippen LogP contribution < -0.4 is 10.2 Å². The lowest BCUT2D eigenvalue weighted by Gasteiger charge is -2.23. The van der Waals surface area contributed by atoms with Crippen molar-refractivity contribution >= 4 is 23.3 Å².